The maximum Gasteiger partial charge on any atom is 0.259 e. The fourth-order valence-electron chi connectivity index (χ4n) is 3.50. The van der Waals surface area contributed by atoms with Crippen molar-refractivity contribution in [3.8, 4) is 0 Å². The van der Waals surface area contributed by atoms with Crippen molar-refractivity contribution >= 4 is 28.2 Å². The maximum atomic E-state index is 13.0. The van der Waals surface area contributed by atoms with E-state index in [0.717, 1.165) is 30.5 Å². The van der Waals surface area contributed by atoms with E-state index >= 15 is 0 Å². The Kier molecular flexibility index (Phi) is 3.24. The van der Waals surface area contributed by atoms with Gasteiger partial charge < -0.3 is 14.3 Å². The molecule has 0 atom stereocenters. The molecule has 5 rings (SSSR count). The predicted octanol–water partition coefficient (Wildman–Crippen LogP) is 2.49. The summed E-state index contributed by atoms with van der Waals surface area (Å²) in [6.07, 6.45) is 4.32. The number of aryl methyl sites for hydroxylation is 2. The van der Waals surface area contributed by atoms with E-state index in [-0.39, 0.29) is 12.5 Å². The number of aromatic nitrogens is 4. The largest absolute Gasteiger partial charge is 0.437 e. The van der Waals surface area contributed by atoms with E-state index in [1.807, 2.05) is 6.92 Å². The Morgan fingerprint density at radius 2 is 2.23 bits per heavy atom. The summed E-state index contributed by atoms with van der Waals surface area (Å²) in [5.41, 5.74) is 4.72. The van der Waals surface area contributed by atoms with Crippen LogP contribution in [-0.2, 0) is 19.4 Å². The highest BCUT2D eigenvalue weighted by molar-refractivity contribution is 6.07. The molecule has 0 bridgehead atoms. The van der Waals surface area contributed by atoms with Crippen molar-refractivity contribution in [1.29, 1.82) is 0 Å². The minimum absolute atomic E-state index is 0.179. The van der Waals surface area contributed by atoms with Crippen LogP contribution < -0.4 is 5.32 Å². The van der Waals surface area contributed by atoms with Crippen LogP contribution in [0, 0.1) is 6.92 Å². The summed E-state index contributed by atoms with van der Waals surface area (Å²) >= 11 is 0. The van der Waals surface area contributed by atoms with Gasteiger partial charge in [0.25, 0.3) is 11.6 Å². The maximum absolute atomic E-state index is 13.0. The van der Waals surface area contributed by atoms with Crippen molar-refractivity contribution < 1.29 is 13.7 Å². The van der Waals surface area contributed by atoms with Gasteiger partial charge in [-0.3, -0.25) is 4.79 Å². The highest BCUT2D eigenvalue weighted by Gasteiger charge is 2.27. The lowest BCUT2D eigenvalue weighted by atomic mass is 10.0. The molecule has 0 aliphatic heterocycles. The summed E-state index contributed by atoms with van der Waals surface area (Å²) in [5.74, 6) is 0.216. The third-order valence-electron chi connectivity index (χ3n) is 4.66. The third-order valence-corrected chi connectivity index (χ3v) is 4.66. The zero-order chi connectivity index (χ0) is 17.7. The van der Waals surface area contributed by atoms with E-state index in [9.17, 15) is 4.79 Å². The first kappa shape index (κ1) is 15.0. The van der Waals surface area contributed by atoms with Crippen molar-refractivity contribution in [1.82, 2.24) is 25.4 Å². The second kappa shape index (κ2) is 5.62. The van der Waals surface area contributed by atoms with Gasteiger partial charge in [-0.15, -0.1) is 0 Å². The lowest BCUT2D eigenvalue weighted by molar-refractivity contribution is 0.0948. The summed E-state index contributed by atoms with van der Waals surface area (Å²) in [4.78, 5) is 25.9. The molecule has 0 saturated carbocycles. The number of nitrogens with one attached hydrogen (secondary N) is 1. The molecular formula is C18H15N5O3. The van der Waals surface area contributed by atoms with Crippen molar-refractivity contribution in [3.05, 3.63) is 46.7 Å². The van der Waals surface area contributed by atoms with Crippen LogP contribution in [0.25, 0.3) is 22.3 Å². The van der Waals surface area contributed by atoms with E-state index in [1.54, 1.807) is 18.3 Å². The second-order valence-electron chi connectivity index (χ2n) is 6.33. The Labute approximate surface area is 147 Å². The van der Waals surface area contributed by atoms with Crippen molar-refractivity contribution in [2.24, 2.45) is 0 Å². The summed E-state index contributed by atoms with van der Waals surface area (Å²) in [6.45, 7) is 2.00. The van der Waals surface area contributed by atoms with Gasteiger partial charge >= 0.3 is 0 Å². The topological polar surface area (TPSA) is 107 Å². The number of hydrogen-bond acceptors (Lipinski definition) is 7. The minimum Gasteiger partial charge on any atom is -0.437 e. The molecular weight excluding hydrogens is 334 g/mol. The number of rotatable bonds is 3. The van der Waals surface area contributed by atoms with Crippen molar-refractivity contribution in [3.63, 3.8) is 0 Å². The van der Waals surface area contributed by atoms with E-state index < -0.39 is 0 Å². The van der Waals surface area contributed by atoms with Gasteiger partial charge in [-0.1, -0.05) is 5.16 Å². The number of nitrogens with zero attached hydrogens (tertiary/aromatic N) is 4. The van der Waals surface area contributed by atoms with Gasteiger partial charge in [0.05, 0.1) is 23.2 Å². The van der Waals surface area contributed by atoms with Crippen molar-refractivity contribution in [2.45, 2.75) is 32.7 Å². The standard InChI is InChI=1S/C18H15N5O3/c1-9-14-15(10-4-2-5-11(10)21-18(14)26-23-9)17(24)20-8-13-22-16-12(25-13)6-3-7-19-16/h3,6-7H,2,4-5,8H2,1H3,(H,20,24). The average molecular weight is 349 g/mol. The van der Waals surface area contributed by atoms with E-state index in [2.05, 4.69) is 25.4 Å². The van der Waals surface area contributed by atoms with Gasteiger partial charge in [-0.05, 0) is 43.9 Å². The van der Waals surface area contributed by atoms with Gasteiger partial charge in [0, 0.05) is 11.9 Å². The number of hydrogen-bond donors (Lipinski definition) is 1. The minimum atomic E-state index is -0.197. The highest BCUT2D eigenvalue weighted by Crippen LogP contribution is 2.31. The molecule has 8 nitrogen and oxygen atoms in total. The molecule has 1 amide bonds. The molecule has 0 aromatic carbocycles. The number of carbonyl (C=O) groups is 1. The van der Waals surface area contributed by atoms with Crippen LogP contribution in [0.1, 0.15) is 39.6 Å². The quantitative estimate of drug-likeness (QED) is 0.605. The normalized spacial score (nSPS) is 13.4. The van der Waals surface area contributed by atoms with Gasteiger partial charge in [0.1, 0.15) is 0 Å². The molecule has 26 heavy (non-hydrogen) atoms. The van der Waals surface area contributed by atoms with Gasteiger partial charge in [-0.25, -0.2) is 9.97 Å². The van der Waals surface area contributed by atoms with Crippen LogP contribution in [0.4, 0.5) is 0 Å². The van der Waals surface area contributed by atoms with Gasteiger partial charge in [0.2, 0.25) is 5.89 Å². The first-order valence-corrected chi connectivity index (χ1v) is 8.47. The number of carbonyl (C=O) groups excluding carboxylic acids is 1. The van der Waals surface area contributed by atoms with Gasteiger partial charge in [-0.2, -0.15) is 4.98 Å². The Balaban J connectivity index is 1.49. The number of oxazole rings is 1. The average Bonchev–Trinajstić information content (AvgIpc) is 3.36. The smallest absolute Gasteiger partial charge is 0.259 e. The molecule has 1 aliphatic rings. The Bertz CT molecular complexity index is 1130. The molecule has 0 unspecified atom stereocenters. The fourth-order valence-corrected chi connectivity index (χ4v) is 3.50. The first-order chi connectivity index (χ1) is 12.7. The highest BCUT2D eigenvalue weighted by atomic mass is 16.5. The molecule has 4 aromatic rings. The number of amides is 1. The Hall–Kier alpha value is -3.29. The molecule has 4 heterocycles. The third kappa shape index (κ3) is 2.26. The van der Waals surface area contributed by atoms with Gasteiger partial charge in [0.15, 0.2) is 11.2 Å². The number of pyridine rings is 2. The summed E-state index contributed by atoms with van der Waals surface area (Å²) < 4.78 is 10.9. The molecule has 130 valence electrons. The molecule has 0 radical (unpaired) electrons. The molecule has 8 heteroatoms. The van der Waals surface area contributed by atoms with Crippen molar-refractivity contribution in [2.75, 3.05) is 0 Å². The number of fused-ring (bicyclic) bond motifs is 3. The van der Waals surface area contributed by atoms with Crippen LogP contribution in [0.5, 0.6) is 0 Å². The fraction of sp³-hybridized carbons (Fsp3) is 0.278. The monoisotopic (exact) mass is 349 g/mol. The Morgan fingerprint density at radius 3 is 3.12 bits per heavy atom. The molecule has 0 spiro atoms. The molecule has 4 aromatic heterocycles. The molecule has 0 saturated heterocycles. The van der Waals surface area contributed by atoms with Crippen LogP contribution in [0.15, 0.2) is 27.3 Å². The van der Waals surface area contributed by atoms with E-state index in [0.29, 0.717) is 39.5 Å². The van der Waals surface area contributed by atoms with Crippen LogP contribution in [-0.4, -0.2) is 26.0 Å². The van der Waals surface area contributed by atoms with Crippen LogP contribution in [0.3, 0.4) is 0 Å². The van der Waals surface area contributed by atoms with E-state index in [4.69, 9.17) is 8.94 Å². The molecule has 1 aliphatic carbocycles. The second-order valence-corrected chi connectivity index (χ2v) is 6.33. The first-order valence-electron chi connectivity index (χ1n) is 8.47. The lowest BCUT2D eigenvalue weighted by Gasteiger charge is -2.09. The summed E-state index contributed by atoms with van der Waals surface area (Å²) in [6, 6.07) is 3.57. The lowest BCUT2D eigenvalue weighted by Crippen LogP contribution is -2.25. The van der Waals surface area contributed by atoms with Crippen LogP contribution >= 0.6 is 0 Å². The predicted molar refractivity (Wildman–Crippen MR) is 91.5 cm³/mol. The molecule has 1 N–H and O–H groups in total. The van der Waals surface area contributed by atoms with Crippen LogP contribution in [0.2, 0.25) is 0 Å². The summed E-state index contributed by atoms with van der Waals surface area (Å²) in [5, 5.41) is 7.55. The van der Waals surface area contributed by atoms with E-state index in [1.165, 1.54) is 0 Å². The SMILES string of the molecule is Cc1noc2nc3c(c(C(=O)NCc4nc5ncccc5o4)c12)CCC3. The Morgan fingerprint density at radius 1 is 1.31 bits per heavy atom. The zero-order valence-corrected chi connectivity index (χ0v) is 14.1. The zero-order valence-electron chi connectivity index (χ0n) is 14.1. The molecule has 0 fully saturated rings. The summed E-state index contributed by atoms with van der Waals surface area (Å²) in [7, 11) is 0.